The van der Waals surface area contributed by atoms with E-state index < -0.39 is 0 Å². The number of H-pyrrole nitrogens is 1. The number of benzene rings is 1. The molecular weight excluding hydrogens is 244 g/mol. The normalized spacial score (nSPS) is 10.8. The van der Waals surface area contributed by atoms with Crippen molar-refractivity contribution in [1.82, 2.24) is 19.7 Å². The number of aromatic nitrogens is 4. The van der Waals surface area contributed by atoms with Crippen LogP contribution >= 0.6 is 0 Å². The average Bonchev–Trinajstić information content (AvgIpc) is 2.80. The summed E-state index contributed by atoms with van der Waals surface area (Å²) in [7, 11) is 0. The van der Waals surface area contributed by atoms with Crippen LogP contribution < -0.4 is 5.56 Å². The van der Waals surface area contributed by atoms with Gasteiger partial charge in [-0.2, -0.15) is 5.10 Å². The largest absolute Gasteiger partial charge is 0.298 e. The van der Waals surface area contributed by atoms with Crippen LogP contribution in [-0.4, -0.2) is 26.0 Å². The van der Waals surface area contributed by atoms with Crippen LogP contribution in [0.3, 0.4) is 0 Å². The molecule has 0 saturated carbocycles. The Bertz CT molecular complexity index is 832. The minimum Gasteiger partial charge on any atom is -0.298 e. The molecule has 0 aliphatic carbocycles. The Labute approximate surface area is 107 Å². The third-order valence-corrected chi connectivity index (χ3v) is 2.98. The molecule has 0 bridgehead atoms. The maximum Gasteiger partial charge on any atom is 0.260 e. The lowest BCUT2D eigenvalue weighted by Crippen LogP contribution is -2.15. The lowest BCUT2D eigenvalue weighted by molar-refractivity contribution is 0.112. The first kappa shape index (κ1) is 11.3. The summed E-state index contributed by atoms with van der Waals surface area (Å²) in [5.74, 6) is 0.300. The van der Waals surface area contributed by atoms with Crippen LogP contribution in [0, 0.1) is 6.92 Å². The Morgan fingerprint density at radius 1 is 1.32 bits per heavy atom. The van der Waals surface area contributed by atoms with Crippen molar-refractivity contribution in [2.75, 3.05) is 0 Å². The van der Waals surface area contributed by atoms with Gasteiger partial charge in [-0.3, -0.25) is 14.6 Å². The molecular formula is C13H10N4O2. The monoisotopic (exact) mass is 254 g/mol. The van der Waals surface area contributed by atoms with E-state index in [1.165, 1.54) is 10.9 Å². The minimum atomic E-state index is -0.233. The molecule has 0 amide bonds. The van der Waals surface area contributed by atoms with Gasteiger partial charge in [0.25, 0.3) is 5.56 Å². The standard InChI is InChI=1S/C13H10N4O2/c1-8-9(7-18)6-14-17(8)13-15-11-5-3-2-4-10(11)12(19)16-13/h2-7H,1H3,(H,15,16,19). The third kappa shape index (κ3) is 1.74. The SMILES string of the molecule is Cc1c(C=O)cnn1-c1nc2ccccc2c(=O)[nH]1. The van der Waals surface area contributed by atoms with Crippen LogP contribution in [0.2, 0.25) is 0 Å². The smallest absolute Gasteiger partial charge is 0.260 e. The second kappa shape index (κ2) is 4.16. The molecule has 3 aromatic rings. The number of rotatable bonds is 2. The summed E-state index contributed by atoms with van der Waals surface area (Å²) < 4.78 is 1.44. The van der Waals surface area contributed by atoms with Gasteiger partial charge in [0, 0.05) is 0 Å². The molecule has 1 N–H and O–H groups in total. The molecule has 0 radical (unpaired) electrons. The summed E-state index contributed by atoms with van der Waals surface area (Å²) in [5.41, 5.74) is 1.45. The van der Waals surface area contributed by atoms with E-state index in [9.17, 15) is 9.59 Å². The van der Waals surface area contributed by atoms with Crippen molar-refractivity contribution in [2.45, 2.75) is 6.92 Å². The number of aldehydes is 1. The Morgan fingerprint density at radius 2 is 2.11 bits per heavy atom. The molecule has 94 valence electrons. The molecule has 19 heavy (non-hydrogen) atoms. The van der Waals surface area contributed by atoms with Crippen molar-refractivity contribution >= 4 is 17.2 Å². The van der Waals surface area contributed by atoms with E-state index in [-0.39, 0.29) is 5.56 Å². The summed E-state index contributed by atoms with van der Waals surface area (Å²) in [5, 5.41) is 4.58. The highest BCUT2D eigenvalue weighted by Crippen LogP contribution is 2.11. The summed E-state index contributed by atoms with van der Waals surface area (Å²) in [4.78, 5) is 29.8. The molecule has 0 unspecified atom stereocenters. The molecule has 3 rings (SSSR count). The van der Waals surface area contributed by atoms with E-state index in [1.807, 2.05) is 6.07 Å². The Balaban J connectivity index is 2.28. The first-order chi connectivity index (χ1) is 9.20. The Morgan fingerprint density at radius 3 is 2.84 bits per heavy atom. The summed E-state index contributed by atoms with van der Waals surface area (Å²) in [6.07, 6.45) is 2.16. The van der Waals surface area contributed by atoms with Crippen LogP contribution in [0.5, 0.6) is 0 Å². The van der Waals surface area contributed by atoms with Crippen molar-refractivity contribution in [3.8, 4) is 5.95 Å². The van der Waals surface area contributed by atoms with Gasteiger partial charge in [0.1, 0.15) is 0 Å². The number of aromatic amines is 1. The first-order valence-corrected chi connectivity index (χ1v) is 5.70. The number of fused-ring (bicyclic) bond motifs is 1. The fraction of sp³-hybridized carbons (Fsp3) is 0.0769. The van der Waals surface area contributed by atoms with E-state index in [1.54, 1.807) is 25.1 Å². The highest BCUT2D eigenvalue weighted by Gasteiger charge is 2.10. The number of carbonyl (C=O) groups excluding carboxylic acids is 1. The summed E-state index contributed by atoms with van der Waals surface area (Å²) >= 11 is 0. The number of carbonyl (C=O) groups is 1. The molecule has 0 atom stereocenters. The zero-order chi connectivity index (χ0) is 13.4. The second-order valence-corrected chi connectivity index (χ2v) is 4.12. The van der Waals surface area contributed by atoms with Crippen LogP contribution in [0.25, 0.3) is 16.9 Å². The van der Waals surface area contributed by atoms with Crippen LogP contribution in [0.1, 0.15) is 16.1 Å². The fourth-order valence-electron chi connectivity index (χ4n) is 1.93. The molecule has 0 fully saturated rings. The third-order valence-electron chi connectivity index (χ3n) is 2.98. The van der Waals surface area contributed by atoms with Gasteiger partial charge in [-0.15, -0.1) is 0 Å². The number of hydrogen-bond donors (Lipinski definition) is 1. The molecule has 0 aliphatic heterocycles. The molecule has 0 saturated heterocycles. The van der Waals surface area contributed by atoms with E-state index in [0.717, 1.165) is 6.29 Å². The first-order valence-electron chi connectivity index (χ1n) is 5.70. The molecule has 0 aliphatic rings. The lowest BCUT2D eigenvalue weighted by Gasteiger charge is -2.04. The molecule has 6 heteroatoms. The van der Waals surface area contributed by atoms with Crippen molar-refractivity contribution in [3.63, 3.8) is 0 Å². The second-order valence-electron chi connectivity index (χ2n) is 4.12. The van der Waals surface area contributed by atoms with Gasteiger partial charge >= 0.3 is 0 Å². The Hall–Kier alpha value is -2.76. The van der Waals surface area contributed by atoms with Gasteiger partial charge < -0.3 is 0 Å². The highest BCUT2D eigenvalue weighted by atomic mass is 16.1. The van der Waals surface area contributed by atoms with Crippen molar-refractivity contribution in [3.05, 3.63) is 52.1 Å². The van der Waals surface area contributed by atoms with Gasteiger partial charge in [0.2, 0.25) is 5.95 Å². The molecule has 6 nitrogen and oxygen atoms in total. The number of nitrogens with one attached hydrogen (secondary N) is 1. The zero-order valence-corrected chi connectivity index (χ0v) is 10.1. The molecule has 0 spiro atoms. The quantitative estimate of drug-likeness (QED) is 0.697. The predicted molar refractivity (Wildman–Crippen MR) is 69.6 cm³/mol. The van der Waals surface area contributed by atoms with E-state index >= 15 is 0 Å². The van der Waals surface area contributed by atoms with E-state index in [2.05, 4.69) is 15.1 Å². The molecule has 1 aromatic carbocycles. The highest BCUT2D eigenvalue weighted by molar-refractivity contribution is 5.78. The predicted octanol–water partition coefficient (Wildman–Crippen LogP) is 1.23. The molecule has 2 heterocycles. The van der Waals surface area contributed by atoms with Crippen molar-refractivity contribution < 1.29 is 4.79 Å². The van der Waals surface area contributed by atoms with Gasteiger partial charge in [0.15, 0.2) is 6.29 Å². The van der Waals surface area contributed by atoms with Gasteiger partial charge in [-0.05, 0) is 19.1 Å². The maximum absolute atomic E-state index is 12.0. The topological polar surface area (TPSA) is 80.6 Å². The lowest BCUT2D eigenvalue weighted by atomic mass is 10.2. The fourth-order valence-corrected chi connectivity index (χ4v) is 1.93. The van der Waals surface area contributed by atoms with E-state index in [0.29, 0.717) is 28.1 Å². The zero-order valence-electron chi connectivity index (χ0n) is 10.1. The minimum absolute atomic E-state index is 0.233. The summed E-state index contributed by atoms with van der Waals surface area (Å²) in [6.45, 7) is 1.74. The number of nitrogens with zero attached hydrogens (tertiary/aromatic N) is 3. The van der Waals surface area contributed by atoms with Crippen molar-refractivity contribution in [2.24, 2.45) is 0 Å². The number of hydrogen-bond acceptors (Lipinski definition) is 4. The van der Waals surface area contributed by atoms with Crippen LogP contribution in [-0.2, 0) is 0 Å². The van der Waals surface area contributed by atoms with Gasteiger partial charge in [0.05, 0.1) is 28.4 Å². The van der Waals surface area contributed by atoms with Gasteiger partial charge in [-0.1, -0.05) is 12.1 Å². The number of para-hydroxylation sites is 1. The van der Waals surface area contributed by atoms with Crippen molar-refractivity contribution in [1.29, 1.82) is 0 Å². The van der Waals surface area contributed by atoms with Gasteiger partial charge in [-0.25, -0.2) is 9.67 Å². The summed E-state index contributed by atoms with van der Waals surface area (Å²) in [6, 6.07) is 7.05. The Kier molecular flexibility index (Phi) is 2.49. The average molecular weight is 254 g/mol. The van der Waals surface area contributed by atoms with E-state index in [4.69, 9.17) is 0 Å². The molecule has 2 aromatic heterocycles. The van der Waals surface area contributed by atoms with Crippen LogP contribution in [0.4, 0.5) is 0 Å². The van der Waals surface area contributed by atoms with Crippen LogP contribution in [0.15, 0.2) is 35.3 Å². The maximum atomic E-state index is 12.0.